The molecular weight excluding hydrogens is 384 g/mol. The molecule has 0 spiro atoms. The van der Waals surface area contributed by atoms with Crippen molar-refractivity contribution >= 4 is 29.2 Å². The summed E-state index contributed by atoms with van der Waals surface area (Å²) in [6.45, 7) is 5.26. The van der Waals surface area contributed by atoms with Gasteiger partial charge < -0.3 is 14.2 Å². The smallest absolute Gasteiger partial charge is 0.254 e. The molecule has 3 rings (SSSR count). The number of carbonyl (C=O) groups is 2. The Morgan fingerprint density at radius 1 is 1.07 bits per heavy atom. The summed E-state index contributed by atoms with van der Waals surface area (Å²) in [7, 11) is 1.66. The first-order valence-corrected chi connectivity index (χ1v) is 10.7. The molecule has 2 aromatic heterocycles. The highest BCUT2D eigenvalue weighted by Crippen LogP contribution is 2.23. The Bertz CT molecular complexity index is 947. The fourth-order valence-electron chi connectivity index (χ4n) is 3.08. The van der Waals surface area contributed by atoms with Crippen molar-refractivity contribution in [2.45, 2.75) is 24.5 Å². The maximum absolute atomic E-state index is 12.6. The third kappa shape index (κ3) is 5.17. The van der Waals surface area contributed by atoms with Crippen LogP contribution in [0.1, 0.15) is 29.9 Å². The molecule has 0 aliphatic rings. The van der Waals surface area contributed by atoms with E-state index in [9.17, 15) is 9.59 Å². The van der Waals surface area contributed by atoms with Crippen LogP contribution in [0.3, 0.4) is 0 Å². The number of nitrogens with zero attached hydrogens (tertiary/aromatic N) is 4. The first kappa shape index (κ1) is 20.9. The predicted octanol–water partition coefficient (Wildman–Crippen LogP) is 3.57. The van der Waals surface area contributed by atoms with E-state index >= 15 is 0 Å². The minimum Gasteiger partial charge on any atom is -0.342 e. The van der Waals surface area contributed by atoms with Gasteiger partial charge in [-0.3, -0.25) is 9.59 Å². The molecule has 0 saturated heterocycles. The van der Waals surface area contributed by atoms with Crippen molar-refractivity contribution in [2.75, 3.05) is 26.7 Å². The first-order chi connectivity index (χ1) is 14.0. The van der Waals surface area contributed by atoms with Gasteiger partial charge in [0.25, 0.3) is 5.91 Å². The van der Waals surface area contributed by atoms with E-state index in [2.05, 4.69) is 4.98 Å². The Morgan fingerprint density at radius 3 is 2.45 bits per heavy atom. The van der Waals surface area contributed by atoms with Crippen LogP contribution in [-0.4, -0.2) is 57.7 Å². The van der Waals surface area contributed by atoms with E-state index in [0.717, 1.165) is 22.0 Å². The molecule has 0 bridgehead atoms. The minimum absolute atomic E-state index is 0.0366. The number of fused-ring (bicyclic) bond motifs is 1. The molecule has 29 heavy (non-hydrogen) atoms. The molecule has 7 heteroatoms. The Hall–Kier alpha value is -2.80. The Morgan fingerprint density at radius 2 is 1.79 bits per heavy atom. The van der Waals surface area contributed by atoms with E-state index in [4.69, 9.17) is 0 Å². The molecule has 0 radical (unpaired) electrons. The maximum Gasteiger partial charge on any atom is 0.254 e. The second-order valence-corrected chi connectivity index (χ2v) is 7.79. The van der Waals surface area contributed by atoms with Crippen LogP contribution in [0.2, 0.25) is 0 Å². The van der Waals surface area contributed by atoms with Crippen molar-refractivity contribution in [3.8, 4) is 0 Å². The zero-order valence-corrected chi connectivity index (χ0v) is 17.9. The summed E-state index contributed by atoms with van der Waals surface area (Å²) in [6.07, 6.45) is 4.01. The quantitative estimate of drug-likeness (QED) is 0.533. The Balaban J connectivity index is 1.57. The van der Waals surface area contributed by atoms with Crippen LogP contribution in [0.15, 0.2) is 59.8 Å². The number of benzene rings is 1. The summed E-state index contributed by atoms with van der Waals surface area (Å²) in [4.78, 5) is 33.7. The van der Waals surface area contributed by atoms with Crippen molar-refractivity contribution < 1.29 is 9.59 Å². The molecule has 0 aliphatic carbocycles. The standard InChI is InChI=1S/C22H26N4O2S/c1-4-25(5-2)21(27)15-24(3)22(28)17-9-11-19(12-10-17)29-16-18-14-26-13-7-6-8-20(26)23-18/h6-14H,4-5,15-16H2,1-3H3. The van der Waals surface area contributed by atoms with Crippen molar-refractivity contribution in [2.24, 2.45) is 0 Å². The third-order valence-electron chi connectivity index (χ3n) is 4.74. The lowest BCUT2D eigenvalue weighted by Crippen LogP contribution is -2.41. The lowest BCUT2D eigenvalue weighted by atomic mass is 10.2. The Labute approximate surface area is 175 Å². The summed E-state index contributed by atoms with van der Waals surface area (Å²) < 4.78 is 2.01. The third-order valence-corrected chi connectivity index (χ3v) is 5.78. The van der Waals surface area contributed by atoms with Gasteiger partial charge in [-0.05, 0) is 50.2 Å². The number of likely N-dealkylation sites (N-methyl/N-ethyl adjacent to an activating group) is 2. The fourth-order valence-corrected chi connectivity index (χ4v) is 3.86. The van der Waals surface area contributed by atoms with Crippen LogP contribution in [0.5, 0.6) is 0 Å². The maximum atomic E-state index is 12.6. The van der Waals surface area contributed by atoms with Crippen LogP contribution in [0.25, 0.3) is 5.65 Å². The number of amides is 2. The normalized spacial score (nSPS) is 10.9. The summed E-state index contributed by atoms with van der Waals surface area (Å²) in [5.74, 6) is 0.570. The average Bonchev–Trinajstić information content (AvgIpc) is 3.16. The second kappa shape index (κ2) is 9.60. The zero-order chi connectivity index (χ0) is 20.8. The van der Waals surface area contributed by atoms with Gasteiger partial charge >= 0.3 is 0 Å². The number of aromatic nitrogens is 2. The van der Waals surface area contributed by atoms with Gasteiger partial charge in [0.05, 0.1) is 12.2 Å². The SMILES string of the molecule is CCN(CC)C(=O)CN(C)C(=O)c1ccc(SCc2cn3ccccc3n2)cc1. The number of imidazole rings is 1. The van der Waals surface area contributed by atoms with Crippen molar-refractivity contribution in [1.29, 1.82) is 0 Å². The van der Waals surface area contributed by atoms with E-state index in [1.807, 2.05) is 73.1 Å². The molecule has 6 nitrogen and oxygen atoms in total. The van der Waals surface area contributed by atoms with Crippen LogP contribution in [0.4, 0.5) is 0 Å². The van der Waals surface area contributed by atoms with E-state index in [1.54, 1.807) is 23.7 Å². The van der Waals surface area contributed by atoms with Crippen molar-refractivity contribution in [1.82, 2.24) is 19.2 Å². The summed E-state index contributed by atoms with van der Waals surface area (Å²) in [5.41, 5.74) is 2.53. The van der Waals surface area contributed by atoms with Crippen LogP contribution in [0, 0.1) is 0 Å². The van der Waals surface area contributed by atoms with Gasteiger partial charge in [-0.15, -0.1) is 11.8 Å². The number of rotatable bonds is 8. The number of hydrogen-bond donors (Lipinski definition) is 0. The van der Waals surface area contributed by atoms with Crippen molar-refractivity contribution in [3.05, 3.63) is 66.1 Å². The van der Waals surface area contributed by atoms with Gasteiger partial charge in [0, 0.05) is 48.7 Å². The highest BCUT2D eigenvalue weighted by atomic mass is 32.2. The number of hydrogen-bond acceptors (Lipinski definition) is 4. The first-order valence-electron chi connectivity index (χ1n) is 9.70. The van der Waals surface area contributed by atoms with Gasteiger partial charge in [-0.2, -0.15) is 0 Å². The number of pyridine rings is 1. The molecule has 0 aliphatic heterocycles. The summed E-state index contributed by atoms with van der Waals surface area (Å²) in [6, 6.07) is 13.4. The van der Waals surface area contributed by atoms with Gasteiger partial charge in [-0.1, -0.05) is 6.07 Å². The molecule has 152 valence electrons. The van der Waals surface area contributed by atoms with E-state index in [0.29, 0.717) is 18.7 Å². The van der Waals surface area contributed by atoms with Crippen LogP contribution >= 0.6 is 11.8 Å². The van der Waals surface area contributed by atoms with Gasteiger partial charge in [0.15, 0.2) is 0 Å². The molecular formula is C22H26N4O2S. The van der Waals surface area contributed by atoms with Crippen molar-refractivity contribution in [3.63, 3.8) is 0 Å². The Kier molecular flexibility index (Phi) is 6.93. The molecule has 0 unspecified atom stereocenters. The lowest BCUT2D eigenvalue weighted by molar-refractivity contribution is -0.131. The molecule has 3 aromatic rings. The van der Waals surface area contributed by atoms with E-state index in [1.165, 1.54) is 4.90 Å². The number of thioether (sulfide) groups is 1. The summed E-state index contributed by atoms with van der Waals surface area (Å²) in [5, 5.41) is 0. The van der Waals surface area contributed by atoms with Gasteiger partial charge in [0.1, 0.15) is 5.65 Å². The van der Waals surface area contributed by atoms with Gasteiger partial charge in [-0.25, -0.2) is 4.98 Å². The molecule has 0 saturated carbocycles. The largest absolute Gasteiger partial charge is 0.342 e. The van der Waals surface area contributed by atoms with E-state index < -0.39 is 0 Å². The predicted molar refractivity (Wildman–Crippen MR) is 116 cm³/mol. The van der Waals surface area contributed by atoms with Gasteiger partial charge in [0.2, 0.25) is 5.91 Å². The van der Waals surface area contributed by atoms with E-state index in [-0.39, 0.29) is 18.4 Å². The number of carbonyl (C=O) groups excluding carboxylic acids is 2. The lowest BCUT2D eigenvalue weighted by Gasteiger charge is -2.23. The second-order valence-electron chi connectivity index (χ2n) is 6.74. The highest BCUT2D eigenvalue weighted by molar-refractivity contribution is 7.98. The van der Waals surface area contributed by atoms with Crippen LogP contribution in [-0.2, 0) is 10.5 Å². The molecule has 1 aromatic carbocycles. The average molecular weight is 411 g/mol. The molecule has 2 amide bonds. The molecule has 2 heterocycles. The fraction of sp³-hybridized carbons (Fsp3) is 0.318. The molecule has 0 N–H and O–H groups in total. The molecule has 0 fully saturated rings. The van der Waals surface area contributed by atoms with Crippen LogP contribution < -0.4 is 0 Å². The zero-order valence-electron chi connectivity index (χ0n) is 17.0. The molecule has 0 atom stereocenters. The topological polar surface area (TPSA) is 57.9 Å². The summed E-state index contributed by atoms with van der Waals surface area (Å²) >= 11 is 1.68. The minimum atomic E-state index is -0.151. The highest BCUT2D eigenvalue weighted by Gasteiger charge is 2.17. The monoisotopic (exact) mass is 410 g/mol.